The molecule has 0 atom stereocenters. The number of nitrogen functional groups attached to an aromatic ring is 1. The molecule has 3 N–H and O–H groups in total. The molecule has 0 saturated heterocycles. The first-order valence-electron chi connectivity index (χ1n) is 3.17. The minimum atomic E-state index is 0.608. The number of hydrogen-bond donors (Lipinski definition) is 2. The Kier molecular flexibility index (Phi) is 1.03. The van der Waals surface area contributed by atoms with Crippen molar-refractivity contribution in [3.63, 3.8) is 0 Å². The summed E-state index contributed by atoms with van der Waals surface area (Å²) in [7, 11) is 1.79. The van der Waals surface area contributed by atoms with Crippen LogP contribution in [0.15, 0.2) is 12.5 Å². The van der Waals surface area contributed by atoms with Crippen molar-refractivity contribution in [2.24, 2.45) is 0 Å². The van der Waals surface area contributed by atoms with E-state index in [1.54, 1.807) is 24.2 Å². The molecule has 0 radical (unpaired) electrons. The van der Waals surface area contributed by atoms with Crippen LogP contribution in [-0.2, 0) is 0 Å². The van der Waals surface area contributed by atoms with Crippen LogP contribution in [0.4, 0.5) is 5.69 Å². The second kappa shape index (κ2) is 1.88. The van der Waals surface area contributed by atoms with Gasteiger partial charge in [0.2, 0.25) is 0 Å². The number of rotatable bonds is 1. The molecule has 2 rings (SSSR count). The summed E-state index contributed by atoms with van der Waals surface area (Å²) in [5, 5.41) is 7.84. The van der Waals surface area contributed by atoms with Crippen LogP contribution in [0, 0.1) is 0 Å². The average molecular weight is 152 g/mol. The highest BCUT2D eigenvalue weighted by atomic mass is 15.6. The molecule has 58 valence electrons. The lowest BCUT2D eigenvalue weighted by atomic mass is 10.6. The van der Waals surface area contributed by atoms with Crippen molar-refractivity contribution in [2.45, 2.75) is 0 Å². The van der Waals surface area contributed by atoms with E-state index in [1.165, 1.54) is 4.63 Å². The van der Waals surface area contributed by atoms with Crippen LogP contribution in [0.2, 0.25) is 0 Å². The summed E-state index contributed by atoms with van der Waals surface area (Å²) in [5.41, 5.74) is 9.87. The maximum atomic E-state index is 5.61. The molecule has 0 amide bonds. The smallest absolute Gasteiger partial charge is 0.199 e. The topological polar surface area (TPSA) is 73.2 Å². The lowest BCUT2D eigenvalue weighted by Gasteiger charge is -1.97. The Morgan fingerprint density at radius 1 is 1.55 bits per heavy atom. The number of fused-ring (bicyclic) bond motifs is 1. The quantitative estimate of drug-likeness (QED) is 0.566. The minimum Gasteiger partial charge on any atom is -0.394 e. The molecule has 2 aromatic heterocycles. The van der Waals surface area contributed by atoms with E-state index in [4.69, 9.17) is 5.73 Å². The van der Waals surface area contributed by atoms with Gasteiger partial charge >= 0.3 is 0 Å². The maximum Gasteiger partial charge on any atom is 0.199 e. The highest BCUT2D eigenvalue weighted by Crippen LogP contribution is 2.08. The van der Waals surface area contributed by atoms with Gasteiger partial charge in [0.15, 0.2) is 5.65 Å². The third-order valence-corrected chi connectivity index (χ3v) is 1.50. The molecule has 2 heterocycles. The van der Waals surface area contributed by atoms with Crippen molar-refractivity contribution in [1.29, 1.82) is 0 Å². The van der Waals surface area contributed by atoms with E-state index < -0.39 is 0 Å². The van der Waals surface area contributed by atoms with Crippen LogP contribution >= 0.6 is 0 Å². The van der Waals surface area contributed by atoms with Crippen LogP contribution in [0.25, 0.3) is 5.65 Å². The fourth-order valence-corrected chi connectivity index (χ4v) is 0.984. The maximum absolute atomic E-state index is 5.61. The molecule has 0 aliphatic carbocycles. The van der Waals surface area contributed by atoms with E-state index in [0.717, 1.165) is 5.65 Å². The molecule has 0 saturated carbocycles. The van der Waals surface area contributed by atoms with E-state index in [-0.39, 0.29) is 0 Å². The Morgan fingerprint density at radius 2 is 2.36 bits per heavy atom. The van der Waals surface area contributed by atoms with Crippen molar-refractivity contribution in [3.05, 3.63) is 12.5 Å². The summed E-state index contributed by atoms with van der Waals surface area (Å²) in [6, 6.07) is 0. The predicted molar refractivity (Wildman–Crippen MR) is 40.7 cm³/mol. The number of nitrogens with two attached hydrogens (primary N) is 1. The van der Waals surface area contributed by atoms with Gasteiger partial charge in [-0.3, -0.25) is 0 Å². The first kappa shape index (κ1) is 6.02. The molecule has 6 heteroatoms. The summed E-state index contributed by atoms with van der Waals surface area (Å²) in [5.74, 6) is 0. The molecule has 0 aromatic carbocycles. The molecule has 11 heavy (non-hydrogen) atoms. The van der Waals surface area contributed by atoms with Crippen LogP contribution in [0.3, 0.4) is 0 Å². The molecule has 0 spiro atoms. The van der Waals surface area contributed by atoms with Crippen LogP contribution in [-0.4, -0.2) is 26.6 Å². The lowest BCUT2D eigenvalue weighted by Crippen LogP contribution is -2.07. The first-order valence-corrected chi connectivity index (χ1v) is 3.17. The minimum absolute atomic E-state index is 0.608. The third-order valence-electron chi connectivity index (χ3n) is 1.50. The Bertz CT molecular complexity index is 371. The first-order chi connectivity index (χ1) is 5.33. The van der Waals surface area contributed by atoms with Gasteiger partial charge in [0.25, 0.3) is 0 Å². The van der Waals surface area contributed by atoms with E-state index >= 15 is 0 Å². The van der Waals surface area contributed by atoms with Crippen molar-refractivity contribution in [1.82, 2.24) is 19.5 Å². The van der Waals surface area contributed by atoms with Crippen molar-refractivity contribution < 1.29 is 0 Å². The van der Waals surface area contributed by atoms with E-state index in [0.29, 0.717) is 5.69 Å². The van der Waals surface area contributed by atoms with Crippen molar-refractivity contribution in [3.8, 4) is 0 Å². The Labute approximate surface area is 62.6 Å². The fourth-order valence-electron chi connectivity index (χ4n) is 0.984. The van der Waals surface area contributed by atoms with Gasteiger partial charge in [-0.1, -0.05) is 0 Å². The van der Waals surface area contributed by atoms with Gasteiger partial charge in [0, 0.05) is 7.05 Å². The molecule has 6 nitrogen and oxygen atoms in total. The standard InChI is InChI=1S/C5H8N6/c1-7-10-3-9-11-5(10)4(6)2-8-11/h2-3,7H,6H2,1H3. The molecule has 2 aromatic rings. The number of nitrogens with one attached hydrogen (secondary N) is 1. The summed E-state index contributed by atoms with van der Waals surface area (Å²) in [4.78, 5) is 0. The average Bonchev–Trinajstić information content (AvgIpc) is 2.54. The van der Waals surface area contributed by atoms with Crippen molar-refractivity contribution in [2.75, 3.05) is 18.2 Å². The predicted octanol–water partition coefficient (Wildman–Crippen LogP) is -0.714. The van der Waals surface area contributed by atoms with Gasteiger partial charge in [-0.25, -0.2) is 4.68 Å². The van der Waals surface area contributed by atoms with E-state index in [2.05, 4.69) is 15.6 Å². The SMILES string of the molecule is CNn1cnn2ncc(N)c12. The van der Waals surface area contributed by atoms with Gasteiger partial charge in [-0.2, -0.15) is 5.10 Å². The van der Waals surface area contributed by atoms with Crippen LogP contribution in [0.5, 0.6) is 0 Å². The zero-order valence-corrected chi connectivity index (χ0v) is 6.02. The molecule has 0 unspecified atom stereocenters. The number of nitrogens with zero attached hydrogens (tertiary/aromatic N) is 4. The summed E-state index contributed by atoms with van der Waals surface area (Å²) >= 11 is 0. The Hall–Kier alpha value is -1.72. The molecular weight excluding hydrogens is 144 g/mol. The van der Waals surface area contributed by atoms with E-state index in [1.807, 2.05) is 0 Å². The summed E-state index contributed by atoms with van der Waals surface area (Å²) in [6.07, 6.45) is 3.18. The summed E-state index contributed by atoms with van der Waals surface area (Å²) in [6.45, 7) is 0. The Morgan fingerprint density at radius 3 is 3.09 bits per heavy atom. The van der Waals surface area contributed by atoms with E-state index in [9.17, 15) is 0 Å². The zero-order chi connectivity index (χ0) is 7.84. The Balaban J connectivity index is 2.80. The second-order valence-corrected chi connectivity index (χ2v) is 2.14. The third kappa shape index (κ3) is 0.658. The largest absolute Gasteiger partial charge is 0.394 e. The van der Waals surface area contributed by atoms with Crippen LogP contribution < -0.4 is 11.2 Å². The fraction of sp³-hybridized carbons (Fsp3) is 0.200. The molecular formula is C5H8N6. The number of anilines is 1. The van der Waals surface area contributed by atoms with Gasteiger partial charge in [-0.05, 0) is 0 Å². The molecule has 0 fully saturated rings. The summed E-state index contributed by atoms with van der Waals surface area (Å²) < 4.78 is 3.16. The lowest BCUT2D eigenvalue weighted by molar-refractivity contribution is 0.821. The van der Waals surface area contributed by atoms with Crippen molar-refractivity contribution >= 4 is 11.3 Å². The normalized spacial score (nSPS) is 10.6. The van der Waals surface area contributed by atoms with Crippen LogP contribution in [0.1, 0.15) is 0 Å². The van der Waals surface area contributed by atoms with Gasteiger partial charge < -0.3 is 11.2 Å². The molecule has 0 aliphatic heterocycles. The number of hydrogen-bond acceptors (Lipinski definition) is 4. The highest BCUT2D eigenvalue weighted by molar-refractivity contribution is 5.63. The zero-order valence-electron chi connectivity index (χ0n) is 6.02. The van der Waals surface area contributed by atoms with Gasteiger partial charge in [0.1, 0.15) is 6.33 Å². The number of aromatic nitrogens is 4. The van der Waals surface area contributed by atoms with Gasteiger partial charge in [0.05, 0.1) is 11.9 Å². The molecule has 0 aliphatic rings. The second-order valence-electron chi connectivity index (χ2n) is 2.14. The van der Waals surface area contributed by atoms with Gasteiger partial charge in [-0.15, -0.1) is 9.73 Å². The highest BCUT2D eigenvalue weighted by Gasteiger charge is 2.05. The molecule has 0 bridgehead atoms. The monoisotopic (exact) mass is 152 g/mol.